The van der Waals surface area contributed by atoms with E-state index in [1.54, 1.807) is 31.4 Å². The van der Waals surface area contributed by atoms with E-state index < -0.39 is 10.0 Å². The molecule has 154 valence electrons. The normalized spacial score (nSPS) is 18.7. The molecule has 0 aromatic heterocycles. The molecule has 0 spiro atoms. The van der Waals surface area contributed by atoms with E-state index in [-0.39, 0.29) is 11.7 Å². The van der Waals surface area contributed by atoms with Gasteiger partial charge in [0, 0.05) is 44.0 Å². The highest BCUT2D eigenvalue weighted by Crippen LogP contribution is 2.26. The molecule has 7 nitrogen and oxygen atoms in total. The van der Waals surface area contributed by atoms with Crippen molar-refractivity contribution in [3.63, 3.8) is 0 Å². The van der Waals surface area contributed by atoms with Crippen LogP contribution in [0.2, 0.25) is 0 Å². The van der Waals surface area contributed by atoms with Gasteiger partial charge in [-0.15, -0.1) is 0 Å². The lowest BCUT2D eigenvalue weighted by molar-refractivity contribution is 0.0747. The lowest BCUT2D eigenvalue weighted by Crippen LogP contribution is -2.48. The molecule has 2 aliphatic rings. The Morgan fingerprint density at radius 2 is 1.66 bits per heavy atom. The fourth-order valence-corrected chi connectivity index (χ4v) is 5.42. The number of methoxy groups -OCH3 is 1. The lowest BCUT2D eigenvalue weighted by atomic mass is 10.1. The molecule has 0 radical (unpaired) electrons. The van der Waals surface area contributed by atoms with Crippen molar-refractivity contribution in [2.45, 2.75) is 6.42 Å². The molecule has 0 unspecified atom stereocenters. The van der Waals surface area contributed by atoms with Crippen LogP contribution in [-0.4, -0.2) is 64.8 Å². The molecular formula is C21H25N3O4S. The first-order valence-corrected chi connectivity index (χ1v) is 11.4. The minimum Gasteiger partial charge on any atom is -0.497 e. The summed E-state index contributed by atoms with van der Waals surface area (Å²) in [6, 6.07) is 14.9. The first kappa shape index (κ1) is 19.6. The van der Waals surface area contributed by atoms with Gasteiger partial charge in [0.15, 0.2) is 0 Å². The number of ether oxygens (including phenoxy) is 1. The first-order valence-electron chi connectivity index (χ1n) is 9.77. The number of hydrogen-bond acceptors (Lipinski definition) is 5. The summed E-state index contributed by atoms with van der Waals surface area (Å²) < 4.78 is 31.0. The Bertz CT molecular complexity index is 983. The van der Waals surface area contributed by atoms with Crippen LogP contribution in [0.3, 0.4) is 0 Å². The summed E-state index contributed by atoms with van der Waals surface area (Å²) in [4.78, 5) is 17.1. The van der Waals surface area contributed by atoms with Crippen LogP contribution in [0.5, 0.6) is 5.75 Å². The minimum absolute atomic E-state index is 0.0576. The molecule has 29 heavy (non-hydrogen) atoms. The van der Waals surface area contributed by atoms with Crippen molar-refractivity contribution < 1.29 is 17.9 Å². The van der Waals surface area contributed by atoms with Crippen molar-refractivity contribution in [1.29, 1.82) is 0 Å². The maximum absolute atomic E-state index is 13.0. The maximum atomic E-state index is 13.0. The van der Waals surface area contributed by atoms with Crippen LogP contribution in [0.15, 0.2) is 48.5 Å². The van der Waals surface area contributed by atoms with Crippen molar-refractivity contribution in [2.75, 3.05) is 54.8 Å². The van der Waals surface area contributed by atoms with Gasteiger partial charge in [-0.05, 0) is 48.9 Å². The number of carbonyl (C=O) groups is 1. The zero-order valence-electron chi connectivity index (χ0n) is 16.5. The number of piperazine rings is 1. The molecule has 2 aromatic rings. The SMILES string of the molecule is COc1ccc(N2CCN(C(=O)c3cccc(N4CCCS4(=O)=O)c3)CC2)cc1. The third kappa shape index (κ3) is 4.03. The molecule has 2 aliphatic heterocycles. The van der Waals surface area contributed by atoms with E-state index in [1.165, 1.54) is 4.31 Å². The molecule has 8 heteroatoms. The van der Waals surface area contributed by atoms with E-state index in [0.717, 1.165) is 24.5 Å². The molecule has 4 rings (SSSR count). The van der Waals surface area contributed by atoms with Crippen LogP contribution in [-0.2, 0) is 10.0 Å². The highest BCUT2D eigenvalue weighted by atomic mass is 32.2. The van der Waals surface area contributed by atoms with E-state index >= 15 is 0 Å². The number of benzene rings is 2. The summed E-state index contributed by atoms with van der Waals surface area (Å²) in [7, 11) is -1.61. The number of anilines is 2. The summed E-state index contributed by atoms with van der Waals surface area (Å²) in [5, 5.41) is 0. The molecule has 0 saturated carbocycles. The molecule has 0 N–H and O–H groups in total. The van der Waals surface area contributed by atoms with Gasteiger partial charge in [0.1, 0.15) is 5.75 Å². The first-order chi connectivity index (χ1) is 14.0. The Labute approximate surface area is 171 Å². The molecular weight excluding hydrogens is 390 g/mol. The smallest absolute Gasteiger partial charge is 0.254 e. The zero-order chi connectivity index (χ0) is 20.4. The number of sulfonamides is 1. The Hall–Kier alpha value is -2.74. The summed E-state index contributed by atoms with van der Waals surface area (Å²) in [6.45, 7) is 3.21. The Morgan fingerprint density at radius 3 is 2.28 bits per heavy atom. The maximum Gasteiger partial charge on any atom is 0.254 e. The molecule has 0 bridgehead atoms. The second-order valence-electron chi connectivity index (χ2n) is 7.27. The van der Waals surface area contributed by atoms with E-state index in [9.17, 15) is 13.2 Å². The molecule has 2 heterocycles. The largest absolute Gasteiger partial charge is 0.497 e. The van der Waals surface area contributed by atoms with Crippen molar-refractivity contribution in [1.82, 2.24) is 4.90 Å². The van der Waals surface area contributed by atoms with E-state index in [0.29, 0.717) is 37.3 Å². The van der Waals surface area contributed by atoms with Crippen LogP contribution in [0.1, 0.15) is 16.8 Å². The van der Waals surface area contributed by atoms with Crippen LogP contribution in [0.4, 0.5) is 11.4 Å². The molecule has 0 atom stereocenters. The predicted octanol–water partition coefficient (Wildman–Crippen LogP) is 2.20. The van der Waals surface area contributed by atoms with Crippen molar-refractivity contribution >= 4 is 27.3 Å². The highest BCUT2D eigenvalue weighted by Gasteiger charge is 2.29. The molecule has 0 aliphatic carbocycles. The van der Waals surface area contributed by atoms with Gasteiger partial charge >= 0.3 is 0 Å². The second-order valence-corrected chi connectivity index (χ2v) is 9.28. The topological polar surface area (TPSA) is 70.2 Å². The van der Waals surface area contributed by atoms with Gasteiger partial charge in [-0.3, -0.25) is 9.10 Å². The summed E-state index contributed by atoms with van der Waals surface area (Å²) in [6.07, 6.45) is 0.619. The quantitative estimate of drug-likeness (QED) is 0.766. The van der Waals surface area contributed by atoms with E-state index in [1.807, 2.05) is 29.2 Å². The Morgan fingerprint density at radius 1 is 0.931 bits per heavy atom. The lowest BCUT2D eigenvalue weighted by Gasteiger charge is -2.36. The van der Waals surface area contributed by atoms with Crippen molar-refractivity contribution in [3.8, 4) is 5.75 Å². The van der Waals surface area contributed by atoms with Gasteiger partial charge < -0.3 is 14.5 Å². The van der Waals surface area contributed by atoms with Gasteiger partial charge in [-0.2, -0.15) is 0 Å². The zero-order valence-corrected chi connectivity index (χ0v) is 17.3. The molecule has 2 saturated heterocycles. The van der Waals surface area contributed by atoms with Gasteiger partial charge in [0.25, 0.3) is 5.91 Å². The monoisotopic (exact) mass is 415 g/mol. The Balaban J connectivity index is 1.42. The van der Waals surface area contributed by atoms with E-state index in [4.69, 9.17) is 4.74 Å². The highest BCUT2D eigenvalue weighted by molar-refractivity contribution is 7.93. The van der Waals surface area contributed by atoms with Gasteiger partial charge in [0.05, 0.1) is 18.6 Å². The number of amides is 1. The number of rotatable bonds is 4. The van der Waals surface area contributed by atoms with Crippen LogP contribution >= 0.6 is 0 Å². The third-order valence-corrected chi connectivity index (χ3v) is 7.35. The summed E-state index contributed by atoms with van der Waals surface area (Å²) >= 11 is 0. The van der Waals surface area contributed by atoms with Crippen LogP contribution in [0, 0.1) is 0 Å². The third-order valence-electron chi connectivity index (χ3n) is 5.48. The number of nitrogens with zero attached hydrogens (tertiary/aromatic N) is 3. The van der Waals surface area contributed by atoms with E-state index in [2.05, 4.69) is 4.90 Å². The van der Waals surface area contributed by atoms with Crippen LogP contribution < -0.4 is 13.9 Å². The summed E-state index contributed by atoms with van der Waals surface area (Å²) in [5.41, 5.74) is 2.21. The number of hydrogen-bond donors (Lipinski definition) is 0. The van der Waals surface area contributed by atoms with Gasteiger partial charge in [-0.25, -0.2) is 8.42 Å². The number of carbonyl (C=O) groups excluding carboxylic acids is 1. The second kappa shape index (κ2) is 7.94. The van der Waals surface area contributed by atoms with Crippen molar-refractivity contribution in [3.05, 3.63) is 54.1 Å². The van der Waals surface area contributed by atoms with Crippen molar-refractivity contribution in [2.24, 2.45) is 0 Å². The fourth-order valence-electron chi connectivity index (χ4n) is 3.87. The molecule has 2 fully saturated rings. The van der Waals surface area contributed by atoms with Crippen LogP contribution in [0.25, 0.3) is 0 Å². The Kier molecular flexibility index (Phi) is 5.36. The summed E-state index contributed by atoms with van der Waals surface area (Å²) in [5.74, 6) is 0.929. The fraction of sp³-hybridized carbons (Fsp3) is 0.381. The van der Waals surface area contributed by atoms with Gasteiger partial charge in [0.2, 0.25) is 10.0 Å². The average Bonchev–Trinajstić information content (AvgIpc) is 3.12. The minimum atomic E-state index is -3.26. The standard InChI is InChI=1S/C21H25N3O4S/c1-28-20-8-6-18(7-9-20)22-11-13-23(14-12-22)21(25)17-4-2-5-19(16-17)24-10-3-15-29(24,26)27/h2,4-9,16H,3,10-15H2,1H3. The predicted molar refractivity (Wildman–Crippen MR) is 113 cm³/mol. The van der Waals surface area contributed by atoms with Gasteiger partial charge in [-0.1, -0.05) is 6.07 Å². The average molecular weight is 416 g/mol. The molecule has 2 aromatic carbocycles. The molecule has 1 amide bonds.